The lowest BCUT2D eigenvalue weighted by molar-refractivity contribution is 0.104. The van der Waals surface area contributed by atoms with E-state index in [1.165, 1.54) is 18.7 Å². The third-order valence-corrected chi connectivity index (χ3v) is 3.49. The average molecular weight is 233 g/mol. The summed E-state index contributed by atoms with van der Waals surface area (Å²) in [6.45, 7) is 10.2. The molecule has 0 unspecified atom stereocenters. The Labute approximate surface area is 104 Å². The van der Waals surface area contributed by atoms with Crippen molar-refractivity contribution in [3.8, 4) is 0 Å². The second-order valence-corrected chi connectivity index (χ2v) is 5.15. The molecule has 3 nitrogen and oxygen atoms in total. The van der Waals surface area contributed by atoms with Crippen LogP contribution in [0, 0.1) is 0 Å². The molecular formula is C14H23N3. The molecule has 1 aliphatic heterocycles. The third-order valence-electron chi connectivity index (χ3n) is 3.49. The Bertz CT molecular complexity index is 354. The Morgan fingerprint density at radius 2 is 1.88 bits per heavy atom. The summed E-state index contributed by atoms with van der Waals surface area (Å²) in [5.41, 5.74) is 7.99. The van der Waals surface area contributed by atoms with Crippen LogP contribution < -0.4 is 5.73 Å². The zero-order valence-electron chi connectivity index (χ0n) is 10.9. The predicted molar refractivity (Wildman–Crippen MR) is 72.8 cm³/mol. The first kappa shape index (κ1) is 12.4. The number of anilines is 1. The molecule has 0 saturated carbocycles. The molecule has 2 N–H and O–H groups in total. The third kappa shape index (κ3) is 3.45. The summed E-state index contributed by atoms with van der Waals surface area (Å²) in [5.74, 6) is 0. The van der Waals surface area contributed by atoms with Crippen molar-refractivity contribution in [2.24, 2.45) is 0 Å². The van der Waals surface area contributed by atoms with Gasteiger partial charge in [0.1, 0.15) is 0 Å². The number of piperazine rings is 1. The van der Waals surface area contributed by atoms with E-state index < -0.39 is 0 Å². The Hall–Kier alpha value is -1.06. The summed E-state index contributed by atoms with van der Waals surface area (Å²) in [4.78, 5) is 5.05. The first-order valence-electron chi connectivity index (χ1n) is 6.46. The minimum absolute atomic E-state index is 0.671. The lowest BCUT2D eigenvalue weighted by atomic mass is 10.1. The van der Waals surface area contributed by atoms with Gasteiger partial charge in [-0.1, -0.05) is 12.1 Å². The van der Waals surface area contributed by atoms with Crippen molar-refractivity contribution in [2.75, 3.05) is 31.9 Å². The average Bonchev–Trinajstić information content (AvgIpc) is 2.29. The number of hydrogen-bond acceptors (Lipinski definition) is 3. The monoisotopic (exact) mass is 233 g/mol. The molecule has 3 heteroatoms. The molecule has 1 aliphatic rings. The van der Waals surface area contributed by atoms with E-state index in [1.807, 2.05) is 12.1 Å². The molecule has 1 saturated heterocycles. The van der Waals surface area contributed by atoms with Crippen LogP contribution in [-0.4, -0.2) is 42.0 Å². The number of rotatable bonds is 3. The van der Waals surface area contributed by atoms with Crippen molar-refractivity contribution in [2.45, 2.75) is 26.4 Å². The largest absolute Gasteiger partial charge is 0.399 e. The molecule has 1 aromatic carbocycles. The highest BCUT2D eigenvalue weighted by Crippen LogP contribution is 2.12. The molecule has 94 valence electrons. The van der Waals surface area contributed by atoms with Gasteiger partial charge < -0.3 is 5.73 Å². The summed E-state index contributed by atoms with van der Waals surface area (Å²) in [6.07, 6.45) is 0. The van der Waals surface area contributed by atoms with Crippen LogP contribution in [-0.2, 0) is 6.54 Å². The Balaban J connectivity index is 1.86. The van der Waals surface area contributed by atoms with Crippen LogP contribution in [0.2, 0.25) is 0 Å². The Kier molecular flexibility index (Phi) is 4.02. The van der Waals surface area contributed by atoms with Gasteiger partial charge in [-0.25, -0.2) is 0 Å². The topological polar surface area (TPSA) is 32.5 Å². The van der Waals surface area contributed by atoms with Gasteiger partial charge in [-0.15, -0.1) is 0 Å². The number of hydrogen-bond donors (Lipinski definition) is 1. The predicted octanol–water partition coefficient (Wildman–Crippen LogP) is 1.79. The number of nitrogen functional groups attached to an aromatic ring is 1. The van der Waals surface area contributed by atoms with Crippen LogP contribution in [0.15, 0.2) is 24.3 Å². The van der Waals surface area contributed by atoms with Gasteiger partial charge in [0.25, 0.3) is 0 Å². The maximum absolute atomic E-state index is 5.80. The minimum atomic E-state index is 0.671. The van der Waals surface area contributed by atoms with Crippen LogP contribution in [0.1, 0.15) is 19.4 Å². The van der Waals surface area contributed by atoms with E-state index in [0.29, 0.717) is 6.04 Å². The van der Waals surface area contributed by atoms with Gasteiger partial charge in [0.2, 0.25) is 0 Å². The highest BCUT2D eigenvalue weighted by molar-refractivity contribution is 5.40. The number of nitrogens with zero attached hydrogens (tertiary/aromatic N) is 2. The van der Waals surface area contributed by atoms with Crippen LogP contribution in [0.3, 0.4) is 0 Å². The Morgan fingerprint density at radius 3 is 2.47 bits per heavy atom. The molecule has 0 spiro atoms. The maximum atomic E-state index is 5.80. The van der Waals surface area contributed by atoms with Crippen molar-refractivity contribution in [3.05, 3.63) is 29.8 Å². The van der Waals surface area contributed by atoms with Gasteiger partial charge in [-0.2, -0.15) is 0 Å². The van der Waals surface area contributed by atoms with E-state index in [9.17, 15) is 0 Å². The zero-order chi connectivity index (χ0) is 12.3. The molecular weight excluding hydrogens is 210 g/mol. The van der Waals surface area contributed by atoms with Crippen LogP contribution >= 0.6 is 0 Å². The summed E-state index contributed by atoms with van der Waals surface area (Å²) < 4.78 is 0. The normalized spacial score (nSPS) is 18.8. The summed E-state index contributed by atoms with van der Waals surface area (Å²) in [7, 11) is 0. The van der Waals surface area contributed by atoms with Crippen molar-refractivity contribution < 1.29 is 0 Å². The van der Waals surface area contributed by atoms with Gasteiger partial charge in [0.15, 0.2) is 0 Å². The lowest BCUT2D eigenvalue weighted by Gasteiger charge is -2.36. The first-order chi connectivity index (χ1) is 8.15. The van der Waals surface area contributed by atoms with Crippen molar-refractivity contribution in [3.63, 3.8) is 0 Å². The van der Waals surface area contributed by atoms with E-state index >= 15 is 0 Å². The molecule has 0 radical (unpaired) electrons. The van der Waals surface area contributed by atoms with Crippen LogP contribution in [0.5, 0.6) is 0 Å². The molecule has 17 heavy (non-hydrogen) atoms. The fourth-order valence-electron chi connectivity index (χ4n) is 2.39. The fraction of sp³-hybridized carbons (Fsp3) is 0.571. The number of nitrogens with two attached hydrogens (primary N) is 1. The smallest absolute Gasteiger partial charge is 0.0317 e. The molecule has 0 bridgehead atoms. The minimum Gasteiger partial charge on any atom is -0.399 e. The van der Waals surface area contributed by atoms with Crippen molar-refractivity contribution >= 4 is 5.69 Å². The van der Waals surface area contributed by atoms with Gasteiger partial charge >= 0.3 is 0 Å². The number of benzene rings is 1. The molecule has 0 aliphatic carbocycles. The zero-order valence-corrected chi connectivity index (χ0v) is 10.9. The van der Waals surface area contributed by atoms with Gasteiger partial charge in [0.05, 0.1) is 0 Å². The van der Waals surface area contributed by atoms with E-state index in [2.05, 4.69) is 35.8 Å². The standard InChI is InChI=1S/C14H23N3/c1-12(2)17-8-6-16(7-9-17)11-13-4-3-5-14(15)10-13/h3-5,10,12H,6-9,11,15H2,1-2H3. The fourth-order valence-corrected chi connectivity index (χ4v) is 2.39. The van der Waals surface area contributed by atoms with Crippen molar-refractivity contribution in [1.82, 2.24) is 9.80 Å². The van der Waals surface area contributed by atoms with Crippen molar-refractivity contribution in [1.29, 1.82) is 0 Å². The second kappa shape index (κ2) is 5.52. The van der Waals surface area contributed by atoms with E-state index in [1.54, 1.807) is 0 Å². The molecule has 1 heterocycles. The Morgan fingerprint density at radius 1 is 1.18 bits per heavy atom. The van der Waals surface area contributed by atoms with E-state index in [0.717, 1.165) is 25.3 Å². The highest BCUT2D eigenvalue weighted by atomic mass is 15.3. The van der Waals surface area contributed by atoms with Crippen LogP contribution in [0.4, 0.5) is 5.69 Å². The molecule has 1 fully saturated rings. The molecule has 1 aromatic rings. The molecule has 0 amide bonds. The molecule has 0 atom stereocenters. The van der Waals surface area contributed by atoms with E-state index in [-0.39, 0.29) is 0 Å². The highest BCUT2D eigenvalue weighted by Gasteiger charge is 2.18. The summed E-state index contributed by atoms with van der Waals surface area (Å²) >= 11 is 0. The first-order valence-corrected chi connectivity index (χ1v) is 6.46. The maximum Gasteiger partial charge on any atom is 0.0317 e. The molecule has 2 rings (SSSR count). The second-order valence-electron chi connectivity index (χ2n) is 5.15. The van der Waals surface area contributed by atoms with E-state index in [4.69, 9.17) is 5.73 Å². The quantitative estimate of drug-likeness (QED) is 0.808. The van der Waals surface area contributed by atoms with Gasteiger partial charge in [-0.3, -0.25) is 9.80 Å². The lowest BCUT2D eigenvalue weighted by Crippen LogP contribution is -2.48. The summed E-state index contributed by atoms with van der Waals surface area (Å²) in [6, 6.07) is 8.89. The van der Waals surface area contributed by atoms with Crippen LogP contribution in [0.25, 0.3) is 0 Å². The van der Waals surface area contributed by atoms with Gasteiger partial charge in [-0.05, 0) is 31.5 Å². The molecule has 0 aromatic heterocycles. The summed E-state index contributed by atoms with van der Waals surface area (Å²) in [5, 5.41) is 0. The SMILES string of the molecule is CC(C)N1CCN(Cc2cccc(N)c2)CC1. The van der Waals surface area contributed by atoms with Gasteiger partial charge in [0, 0.05) is 44.5 Å².